The van der Waals surface area contributed by atoms with Crippen molar-refractivity contribution in [2.75, 3.05) is 27.2 Å². The van der Waals surface area contributed by atoms with Gasteiger partial charge in [0.25, 0.3) is 0 Å². The number of likely N-dealkylation sites (N-methyl/N-ethyl adjacent to an activating group) is 2. The molecule has 5 heteroatoms. The summed E-state index contributed by atoms with van der Waals surface area (Å²) in [5.74, 6) is 0.922. The van der Waals surface area contributed by atoms with Crippen LogP contribution in [0.1, 0.15) is 44.7 Å². The number of ether oxygens (including phenoxy) is 1. The Morgan fingerprint density at radius 2 is 2.00 bits per heavy atom. The van der Waals surface area contributed by atoms with Crippen LogP contribution < -0.4 is 10.1 Å². The first-order chi connectivity index (χ1) is 12.6. The van der Waals surface area contributed by atoms with Crippen LogP contribution in [-0.4, -0.2) is 48.0 Å². The van der Waals surface area contributed by atoms with Crippen LogP contribution in [0.15, 0.2) is 30.5 Å². The second-order valence-corrected chi connectivity index (χ2v) is 7.58. The zero-order valence-electron chi connectivity index (χ0n) is 16.5. The predicted molar refractivity (Wildman–Crippen MR) is 107 cm³/mol. The van der Waals surface area contributed by atoms with Crippen molar-refractivity contribution < 1.29 is 4.74 Å². The van der Waals surface area contributed by atoms with Crippen molar-refractivity contribution in [2.24, 2.45) is 0 Å². The maximum atomic E-state index is 5.80. The molecular weight excluding hydrogens is 324 g/mol. The zero-order chi connectivity index (χ0) is 18.5. The normalized spacial score (nSPS) is 14.8. The van der Waals surface area contributed by atoms with E-state index < -0.39 is 0 Å². The second kappa shape index (κ2) is 8.69. The highest BCUT2D eigenvalue weighted by molar-refractivity contribution is 5.64. The molecule has 1 fully saturated rings. The maximum absolute atomic E-state index is 5.80. The zero-order valence-corrected chi connectivity index (χ0v) is 16.5. The van der Waals surface area contributed by atoms with E-state index in [0.717, 1.165) is 25.4 Å². The summed E-state index contributed by atoms with van der Waals surface area (Å²) in [6.45, 7) is 7.03. The average Bonchev–Trinajstić information content (AvgIpc) is 2.94. The van der Waals surface area contributed by atoms with Gasteiger partial charge in [-0.25, -0.2) is 0 Å². The Morgan fingerprint density at radius 1 is 1.27 bits per heavy atom. The minimum Gasteiger partial charge on any atom is -0.491 e. The molecule has 0 bridgehead atoms. The van der Waals surface area contributed by atoms with Crippen molar-refractivity contribution in [3.63, 3.8) is 0 Å². The highest BCUT2D eigenvalue weighted by Crippen LogP contribution is 2.37. The summed E-state index contributed by atoms with van der Waals surface area (Å²) in [6, 6.07) is 9.03. The van der Waals surface area contributed by atoms with Crippen molar-refractivity contribution in [3.8, 4) is 17.0 Å². The summed E-state index contributed by atoms with van der Waals surface area (Å²) < 4.78 is 8.05. The fourth-order valence-corrected chi connectivity index (χ4v) is 3.38. The first-order valence-corrected chi connectivity index (χ1v) is 9.75. The Bertz CT molecular complexity index is 689. The lowest BCUT2D eigenvalue weighted by Gasteiger charge is -2.28. The molecule has 26 heavy (non-hydrogen) atoms. The molecule has 5 nitrogen and oxygen atoms in total. The van der Waals surface area contributed by atoms with Crippen molar-refractivity contribution in [1.29, 1.82) is 0 Å². The monoisotopic (exact) mass is 356 g/mol. The highest BCUT2D eigenvalue weighted by Gasteiger charge is 2.25. The first-order valence-electron chi connectivity index (χ1n) is 9.75. The van der Waals surface area contributed by atoms with Gasteiger partial charge in [-0.05, 0) is 71.5 Å². The summed E-state index contributed by atoms with van der Waals surface area (Å²) in [5.41, 5.74) is 3.79. The SMILES string of the molecule is CNCCN(C)Cc1cnn(C2CCC2)c1-c1ccc(OC(C)C)cc1. The number of hydrogen-bond donors (Lipinski definition) is 1. The number of nitrogens with one attached hydrogen (secondary N) is 1. The van der Waals surface area contributed by atoms with Crippen molar-refractivity contribution in [3.05, 3.63) is 36.0 Å². The fourth-order valence-electron chi connectivity index (χ4n) is 3.38. The lowest BCUT2D eigenvalue weighted by atomic mass is 9.92. The van der Waals surface area contributed by atoms with Crippen molar-refractivity contribution in [1.82, 2.24) is 20.0 Å². The smallest absolute Gasteiger partial charge is 0.119 e. The maximum Gasteiger partial charge on any atom is 0.119 e. The molecule has 1 N–H and O–H groups in total. The Labute approximate surface area is 157 Å². The number of benzene rings is 1. The highest BCUT2D eigenvalue weighted by atomic mass is 16.5. The van der Waals surface area contributed by atoms with Crippen LogP contribution in [-0.2, 0) is 6.54 Å². The molecule has 0 saturated heterocycles. The van der Waals surface area contributed by atoms with Gasteiger partial charge in [0, 0.05) is 30.8 Å². The number of rotatable bonds is 9. The van der Waals surface area contributed by atoms with E-state index in [1.807, 2.05) is 7.05 Å². The summed E-state index contributed by atoms with van der Waals surface area (Å²) in [6.07, 6.45) is 6.03. The lowest BCUT2D eigenvalue weighted by Crippen LogP contribution is -2.27. The van der Waals surface area contributed by atoms with Crippen LogP contribution in [0.2, 0.25) is 0 Å². The molecule has 0 aliphatic heterocycles. The molecular formula is C21H32N4O. The molecule has 1 heterocycles. The Morgan fingerprint density at radius 3 is 2.58 bits per heavy atom. The molecule has 2 aromatic rings. The molecule has 1 aliphatic carbocycles. The van der Waals surface area contributed by atoms with E-state index >= 15 is 0 Å². The quantitative estimate of drug-likeness (QED) is 0.744. The predicted octanol–water partition coefficient (Wildman–Crippen LogP) is 3.71. The van der Waals surface area contributed by atoms with E-state index in [-0.39, 0.29) is 6.10 Å². The summed E-state index contributed by atoms with van der Waals surface area (Å²) in [7, 11) is 4.16. The van der Waals surface area contributed by atoms with Crippen LogP contribution in [0.4, 0.5) is 0 Å². The van der Waals surface area contributed by atoms with Crippen molar-refractivity contribution in [2.45, 2.75) is 51.8 Å². The summed E-state index contributed by atoms with van der Waals surface area (Å²) in [5, 5.41) is 7.98. The van der Waals surface area contributed by atoms with Gasteiger partial charge in [0.2, 0.25) is 0 Å². The molecule has 142 valence electrons. The molecule has 0 amide bonds. The average molecular weight is 357 g/mol. The van der Waals surface area contributed by atoms with Gasteiger partial charge < -0.3 is 15.0 Å². The van der Waals surface area contributed by atoms with E-state index in [0.29, 0.717) is 6.04 Å². The molecule has 1 aliphatic rings. The lowest BCUT2D eigenvalue weighted by molar-refractivity contribution is 0.242. The van der Waals surface area contributed by atoms with E-state index in [4.69, 9.17) is 9.84 Å². The Hall–Kier alpha value is -1.85. The van der Waals surface area contributed by atoms with E-state index in [9.17, 15) is 0 Å². The van der Waals surface area contributed by atoms with Gasteiger partial charge in [0.05, 0.1) is 24.0 Å². The molecule has 0 atom stereocenters. The van der Waals surface area contributed by atoms with Crippen LogP contribution in [0.25, 0.3) is 11.3 Å². The molecule has 3 rings (SSSR count). The third-order valence-electron chi connectivity index (χ3n) is 4.98. The summed E-state index contributed by atoms with van der Waals surface area (Å²) >= 11 is 0. The van der Waals surface area contributed by atoms with Gasteiger partial charge >= 0.3 is 0 Å². The molecule has 0 spiro atoms. The van der Waals surface area contributed by atoms with Gasteiger partial charge in [0.1, 0.15) is 5.75 Å². The Kier molecular flexibility index (Phi) is 6.33. The Balaban J connectivity index is 1.86. The number of aromatic nitrogens is 2. The van der Waals surface area contributed by atoms with Gasteiger partial charge in [-0.2, -0.15) is 5.10 Å². The molecule has 1 aromatic carbocycles. The third kappa shape index (κ3) is 4.46. The van der Waals surface area contributed by atoms with Crippen LogP contribution in [0.3, 0.4) is 0 Å². The first kappa shape index (κ1) is 18.9. The molecule has 0 unspecified atom stereocenters. The minimum absolute atomic E-state index is 0.192. The number of nitrogens with zero attached hydrogens (tertiary/aromatic N) is 3. The van der Waals surface area contributed by atoms with E-state index in [2.05, 4.69) is 66.3 Å². The van der Waals surface area contributed by atoms with Gasteiger partial charge in [-0.15, -0.1) is 0 Å². The van der Waals surface area contributed by atoms with Crippen LogP contribution in [0, 0.1) is 0 Å². The number of hydrogen-bond acceptors (Lipinski definition) is 4. The molecule has 1 aromatic heterocycles. The topological polar surface area (TPSA) is 42.3 Å². The van der Waals surface area contributed by atoms with Gasteiger partial charge in [-0.3, -0.25) is 4.68 Å². The van der Waals surface area contributed by atoms with Crippen LogP contribution >= 0.6 is 0 Å². The third-order valence-corrected chi connectivity index (χ3v) is 4.98. The fraction of sp³-hybridized carbons (Fsp3) is 0.571. The van der Waals surface area contributed by atoms with Crippen LogP contribution in [0.5, 0.6) is 5.75 Å². The molecule has 0 radical (unpaired) electrons. The summed E-state index contributed by atoms with van der Waals surface area (Å²) in [4.78, 5) is 2.35. The minimum atomic E-state index is 0.192. The molecule has 1 saturated carbocycles. The van der Waals surface area contributed by atoms with Gasteiger partial charge in [0.15, 0.2) is 0 Å². The van der Waals surface area contributed by atoms with Crippen molar-refractivity contribution >= 4 is 0 Å². The largest absolute Gasteiger partial charge is 0.491 e. The van der Waals surface area contributed by atoms with E-state index in [1.54, 1.807) is 0 Å². The second-order valence-electron chi connectivity index (χ2n) is 7.58. The van der Waals surface area contributed by atoms with Gasteiger partial charge in [-0.1, -0.05) is 0 Å². The van der Waals surface area contributed by atoms with E-state index in [1.165, 1.54) is 36.1 Å². The standard InChI is InChI=1S/C21H32N4O/c1-16(2)26-20-10-8-17(9-11-20)21-18(15-24(4)13-12-22-3)14-23-25(21)19-6-5-7-19/h8-11,14,16,19,22H,5-7,12-13,15H2,1-4H3.